The third-order valence-electron chi connectivity index (χ3n) is 4.02. The second-order valence-corrected chi connectivity index (χ2v) is 7.82. The molecule has 23 heavy (non-hydrogen) atoms. The van der Waals surface area contributed by atoms with Crippen LogP contribution < -0.4 is 0 Å². The van der Waals surface area contributed by atoms with E-state index < -0.39 is 10.0 Å². The van der Waals surface area contributed by atoms with E-state index in [0.29, 0.717) is 30.4 Å². The molecule has 0 N–H and O–H groups in total. The molecule has 0 bridgehead atoms. The minimum Gasteiger partial charge on any atom is -0.339 e. The van der Waals surface area contributed by atoms with Gasteiger partial charge in [-0.25, -0.2) is 17.1 Å². The van der Waals surface area contributed by atoms with Gasteiger partial charge in [-0.15, -0.1) is 0 Å². The Balaban J connectivity index is 1.80. The summed E-state index contributed by atoms with van der Waals surface area (Å²) in [5.74, 6) is 0.305. The Bertz CT molecular complexity index is 791. The highest BCUT2D eigenvalue weighted by Gasteiger charge is 2.31. The Morgan fingerprint density at radius 2 is 2.26 bits per heavy atom. The summed E-state index contributed by atoms with van der Waals surface area (Å²) in [7, 11) is -3.22. The van der Waals surface area contributed by atoms with E-state index in [1.54, 1.807) is 19.1 Å². The molecule has 0 radical (unpaired) electrons. The molecule has 2 heterocycles. The van der Waals surface area contributed by atoms with Crippen LogP contribution in [0.2, 0.25) is 0 Å². The molecule has 1 saturated heterocycles. The van der Waals surface area contributed by atoms with E-state index in [-0.39, 0.29) is 17.5 Å². The van der Waals surface area contributed by atoms with Gasteiger partial charge in [0.15, 0.2) is 0 Å². The molecule has 0 aliphatic carbocycles. The summed E-state index contributed by atoms with van der Waals surface area (Å²) in [5, 5.41) is 3.89. The van der Waals surface area contributed by atoms with Gasteiger partial charge in [-0.1, -0.05) is 17.3 Å². The molecule has 1 aromatic heterocycles. The van der Waals surface area contributed by atoms with Gasteiger partial charge >= 0.3 is 0 Å². The number of aromatic nitrogens is 2. The number of sulfonamides is 1. The summed E-state index contributed by atoms with van der Waals surface area (Å²) in [4.78, 5) is 4.32. The van der Waals surface area contributed by atoms with Gasteiger partial charge in [0.2, 0.25) is 21.7 Å². The van der Waals surface area contributed by atoms with Gasteiger partial charge in [-0.2, -0.15) is 4.98 Å². The molecule has 0 saturated carbocycles. The predicted octanol–water partition coefficient (Wildman–Crippen LogP) is 2.40. The second kappa shape index (κ2) is 6.37. The number of rotatable bonds is 4. The van der Waals surface area contributed by atoms with Gasteiger partial charge in [-0.3, -0.25) is 0 Å². The molecular weight excluding hydrogens is 321 g/mol. The summed E-state index contributed by atoms with van der Waals surface area (Å²) in [5.41, 5.74) is 0.536. The van der Waals surface area contributed by atoms with Crippen molar-refractivity contribution in [3.8, 4) is 11.4 Å². The zero-order chi connectivity index (χ0) is 16.4. The van der Waals surface area contributed by atoms with Crippen molar-refractivity contribution in [3.63, 3.8) is 0 Å². The SMILES string of the molecule is CCS(=O)(=O)N1CCCC(c2nc(-c3cccc(F)c3)no2)C1. The van der Waals surface area contributed by atoms with Crippen LogP contribution in [0.25, 0.3) is 11.4 Å². The maximum Gasteiger partial charge on any atom is 0.231 e. The van der Waals surface area contributed by atoms with Crippen LogP contribution in [0.4, 0.5) is 4.39 Å². The highest BCUT2D eigenvalue weighted by Crippen LogP contribution is 2.29. The highest BCUT2D eigenvalue weighted by molar-refractivity contribution is 7.89. The van der Waals surface area contributed by atoms with Crippen LogP contribution in [-0.4, -0.2) is 41.7 Å². The number of hydrogen-bond donors (Lipinski definition) is 0. The van der Waals surface area contributed by atoms with Crippen molar-refractivity contribution in [2.45, 2.75) is 25.7 Å². The van der Waals surface area contributed by atoms with Crippen LogP contribution in [-0.2, 0) is 10.0 Å². The minimum absolute atomic E-state index is 0.0814. The fourth-order valence-corrected chi connectivity index (χ4v) is 3.90. The third kappa shape index (κ3) is 3.42. The lowest BCUT2D eigenvalue weighted by atomic mass is 10.00. The molecule has 3 rings (SSSR count). The molecule has 1 fully saturated rings. The van der Waals surface area contributed by atoms with Crippen molar-refractivity contribution in [3.05, 3.63) is 36.0 Å². The minimum atomic E-state index is -3.22. The zero-order valence-corrected chi connectivity index (χ0v) is 13.6. The number of halogens is 1. The Kier molecular flexibility index (Phi) is 4.45. The molecule has 1 aliphatic rings. The molecule has 1 aliphatic heterocycles. The zero-order valence-electron chi connectivity index (χ0n) is 12.8. The third-order valence-corrected chi connectivity index (χ3v) is 5.86. The average molecular weight is 339 g/mol. The quantitative estimate of drug-likeness (QED) is 0.855. The Morgan fingerprint density at radius 1 is 1.43 bits per heavy atom. The normalized spacial score (nSPS) is 19.8. The first-order chi connectivity index (χ1) is 11.0. The molecule has 1 atom stereocenters. The van der Waals surface area contributed by atoms with Crippen molar-refractivity contribution >= 4 is 10.0 Å². The van der Waals surface area contributed by atoms with Gasteiger partial charge in [0.05, 0.1) is 11.7 Å². The smallest absolute Gasteiger partial charge is 0.231 e. The molecular formula is C15H18FN3O3S. The van der Waals surface area contributed by atoms with E-state index in [9.17, 15) is 12.8 Å². The fraction of sp³-hybridized carbons (Fsp3) is 0.467. The van der Waals surface area contributed by atoms with Crippen LogP contribution in [0.1, 0.15) is 31.6 Å². The number of benzene rings is 1. The highest BCUT2D eigenvalue weighted by atomic mass is 32.2. The first kappa shape index (κ1) is 16.1. The summed E-state index contributed by atoms with van der Waals surface area (Å²) in [6, 6.07) is 5.96. The van der Waals surface area contributed by atoms with Gasteiger partial charge in [0.1, 0.15) is 5.82 Å². The molecule has 8 heteroatoms. The fourth-order valence-electron chi connectivity index (χ4n) is 2.73. The molecule has 0 amide bonds. The maximum atomic E-state index is 13.3. The average Bonchev–Trinajstić information content (AvgIpc) is 3.05. The number of piperidine rings is 1. The molecule has 124 valence electrons. The Hall–Kier alpha value is -1.80. The van der Waals surface area contributed by atoms with Crippen LogP contribution >= 0.6 is 0 Å². The number of nitrogens with zero attached hydrogens (tertiary/aromatic N) is 3. The van der Waals surface area contributed by atoms with E-state index in [1.807, 2.05) is 0 Å². The summed E-state index contributed by atoms with van der Waals surface area (Å²) in [6.45, 7) is 2.51. The first-order valence-electron chi connectivity index (χ1n) is 7.57. The summed E-state index contributed by atoms with van der Waals surface area (Å²) in [6.07, 6.45) is 1.54. The molecule has 6 nitrogen and oxygen atoms in total. The van der Waals surface area contributed by atoms with Crippen molar-refractivity contribution in [2.24, 2.45) is 0 Å². The van der Waals surface area contributed by atoms with Gasteiger partial charge in [-0.05, 0) is 31.9 Å². The van der Waals surface area contributed by atoms with Crippen LogP contribution in [0, 0.1) is 5.82 Å². The van der Waals surface area contributed by atoms with E-state index in [4.69, 9.17) is 4.52 Å². The second-order valence-electron chi connectivity index (χ2n) is 5.56. The van der Waals surface area contributed by atoms with E-state index in [0.717, 1.165) is 12.8 Å². The largest absolute Gasteiger partial charge is 0.339 e. The van der Waals surface area contributed by atoms with Crippen LogP contribution in [0.15, 0.2) is 28.8 Å². The standard InChI is InChI=1S/C15H18FN3O3S/c1-2-23(20,21)19-8-4-6-12(10-19)15-17-14(18-22-15)11-5-3-7-13(16)9-11/h3,5,7,9,12H,2,4,6,8,10H2,1H3. The van der Waals surface area contributed by atoms with Gasteiger partial charge in [0.25, 0.3) is 0 Å². The van der Waals surface area contributed by atoms with E-state index in [1.165, 1.54) is 16.4 Å². The Morgan fingerprint density at radius 3 is 3.00 bits per heavy atom. The van der Waals surface area contributed by atoms with E-state index >= 15 is 0 Å². The van der Waals surface area contributed by atoms with Crippen molar-refractivity contribution < 1.29 is 17.3 Å². The lowest BCUT2D eigenvalue weighted by Gasteiger charge is -2.29. The predicted molar refractivity (Wildman–Crippen MR) is 82.7 cm³/mol. The van der Waals surface area contributed by atoms with Crippen molar-refractivity contribution in [1.29, 1.82) is 0 Å². The topological polar surface area (TPSA) is 76.3 Å². The maximum absolute atomic E-state index is 13.3. The summed E-state index contributed by atoms with van der Waals surface area (Å²) >= 11 is 0. The molecule has 1 aromatic carbocycles. The van der Waals surface area contributed by atoms with Crippen LogP contribution in [0.3, 0.4) is 0 Å². The van der Waals surface area contributed by atoms with Gasteiger partial charge in [0, 0.05) is 18.7 Å². The lowest BCUT2D eigenvalue weighted by molar-refractivity contribution is 0.266. The molecule has 1 unspecified atom stereocenters. The first-order valence-corrected chi connectivity index (χ1v) is 9.18. The van der Waals surface area contributed by atoms with Crippen molar-refractivity contribution in [2.75, 3.05) is 18.8 Å². The monoisotopic (exact) mass is 339 g/mol. The Labute approximate surface area is 134 Å². The molecule has 0 spiro atoms. The molecule has 2 aromatic rings. The van der Waals surface area contributed by atoms with Crippen molar-refractivity contribution in [1.82, 2.24) is 14.4 Å². The number of hydrogen-bond acceptors (Lipinski definition) is 5. The van der Waals surface area contributed by atoms with Crippen LogP contribution in [0.5, 0.6) is 0 Å². The summed E-state index contributed by atoms with van der Waals surface area (Å²) < 4.78 is 44.1. The lowest BCUT2D eigenvalue weighted by Crippen LogP contribution is -2.39. The van der Waals surface area contributed by atoms with E-state index in [2.05, 4.69) is 10.1 Å². The van der Waals surface area contributed by atoms with Gasteiger partial charge < -0.3 is 4.52 Å².